The van der Waals surface area contributed by atoms with Crippen molar-refractivity contribution in [1.29, 1.82) is 0 Å². The first kappa shape index (κ1) is 12.3. The third-order valence-electron chi connectivity index (χ3n) is 3.76. The molecular weight excluding hydrogens is 200 g/mol. The second kappa shape index (κ2) is 7.25. The van der Waals surface area contributed by atoms with E-state index in [9.17, 15) is 0 Å². The number of piperidine rings is 1. The molecule has 2 aliphatic rings. The van der Waals surface area contributed by atoms with Gasteiger partial charge < -0.3 is 15.0 Å². The van der Waals surface area contributed by atoms with Crippen molar-refractivity contribution in [2.45, 2.75) is 44.6 Å². The second-order valence-corrected chi connectivity index (χ2v) is 5.10. The third-order valence-corrected chi connectivity index (χ3v) is 3.76. The molecule has 2 fully saturated rings. The Morgan fingerprint density at radius 1 is 1.00 bits per heavy atom. The van der Waals surface area contributed by atoms with E-state index >= 15 is 0 Å². The molecule has 0 bridgehead atoms. The van der Waals surface area contributed by atoms with Crippen LogP contribution in [0.4, 0.5) is 0 Å². The molecule has 2 heterocycles. The topological polar surface area (TPSA) is 24.5 Å². The van der Waals surface area contributed by atoms with Crippen LogP contribution in [0.25, 0.3) is 0 Å². The van der Waals surface area contributed by atoms with Crippen molar-refractivity contribution in [3.63, 3.8) is 0 Å². The van der Waals surface area contributed by atoms with E-state index in [1.54, 1.807) is 0 Å². The van der Waals surface area contributed by atoms with Gasteiger partial charge in [0.25, 0.3) is 0 Å². The summed E-state index contributed by atoms with van der Waals surface area (Å²) in [6.45, 7) is 6.93. The van der Waals surface area contributed by atoms with Gasteiger partial charge in [0.15, 0.2) is 0 Å². The highest BCUT2D eigenvalue weighted by Crippen LogP contribution is 2.09. The summed E-state index contributed by atoms with van der Waals surface area (Å²) in [6.07, 6.45) is 7.94. The highest BCUT2D eigenvalue weighted by Gasteiger charge is 2.13. The van der Waals surface area contributed by atoms with Crippen LogP contribution in [0.3, 0.4) is 0 Å². The minimum atomic E-state index is 0.701. The zero-order valence-corrected chi connectivity index (χ0v) is 10.4. The van der Waals surface area contributed by atoms with E-state index < -0.39 is 0 Å². The molecule has 1 N–H and O–H groups in total. The Hall–Kier alpha value is -0.120. The van der Waals surface area contributed by atoms with Gasteiger partial charge in [0.05, 0.1) is 0 Å². The standard InChI is InChI=1S/C13H26N2O/c1-2-8-15(9-3-1)10-7-14-13-5-4-11-16-12-6-13/h13-14H,1-12H2. The first-order valence-electron chi connectivity index (χ1n) is 6.98. The molecule has 16 heavy (non-hydrogen) atoms. The van der Waals surface area contributed by atoms with Crippen molar-refractivity contribution in [3.05, 3.63) is 0 Å². The Kier molecular flexibility index (Phi) is 5.59. The Labute approximate surface area is 99.5 Å². The summed E-state index contributed by atoms with van der Waals surface area (Å²) in [5.74, 6) is 0. The second-order valence-electron chi connectivity index (χ2n) is 5.10. The van der Waals surface area contributed by atoms with Gasteiger partial charge in [-0.25, -0.2) is 0 Å². The van der Waals surface area contributed by atoms with Gasteiger partial charge in [-0.1, -0.05) is 6.42 Å². The van der Waals surface area contributed by atoms with E-state index in [4.69, 9.17) is 4.74 Å². The summed E-state index contributed by atoms with van der Waals surface area (Å²) in [7, 11) is 0. The SMILES string of the molecule is C1CCN(CCNC2CCCOCC2)CC1. The van der Waals surface area contributed by atoms with Gasteiger partial charge in [0.2, 0.25) is 0 Å². The number of ether oxygens (including phenoxy) is 1. The molecule has 3 heteroatoms. The van der Waals surface area contributed by atoms with E-state index in [1.165, 1.54) is 58.2 Å². The number of hydrogen-bond donors (Lipinski definition) is 1. The van der Waals surface area contributed by atoms with Crippen LogP contribution < -0.4 is 5.32 Å². The molecule has 0 spiro atoms. The Morgan fingerprint density at radius 2 is 1.88 bits per heavy atom. The van der Waals surface area contributed by atoms with Gasteiger partial charge in [-0.3, -0.25) is 0 Å². The van der Waals surface area contributed by atoms with E-state index in [0.717, 1.165) is 19.8 Å². The molecule has 0 aromatic heterocycles. The molecule has 1 unspecified atom stereocenters. The molecule has 0 aromatic rings. The first-order valence-corrected chi connectivity index (χ1v) is 6.98. The van der Waals surface area contributed by atoms with Crippen LogP contribution in [0.5, 0.6) is 0 Å². The molecule has 2 saturated heterocycles. The molecule has 2 rings (SSSR count). The lowest BCUT2D eigenvalue weighted by molar-refractivity contribution is 0.142. The summed E-state index contributed by atoms with van der Waals surface area (Å²) in [5.41, 5.74) is 0. The Balaban J connectivity index is 1.55. The zero-order chi connectivity index (χ0) is 11.1. The zero-order valence-electron chi connectivity index (χ0n) is 10.4. The maximum atomic E-state index is 5.47. The van der Waals surface area contributed by atoms with Crippen molar-refractivity contribution in [3.8, 4) is 0 Å². The number of nitrogens with zero attached hydrogens (tertiary/aromatic N) is 1. The molecule has 2 aliphatic heterocycles. The Morgan fingerprint density at radius 3 is 2.75 bits per heavy atom. The average Bonchev–Trinajstić information content (AvgIpc) is 2.59. The summed E-state index contributed by atoms with van der Waals surface area (Å²) in [6, 6.07) is 0.701. The van der Waals surface area contributed by atoms with Crippen LogP contribution in [0.1, 0.15) is 38.5 Å². The molecule has 0 amide bonds. The van der Waals surface area contributed by atoms with E-state index in [1.807, 2.05) is 0 Å². The number of nitrogens with one attached hydrogen (secondary N) is 1. The fourth-order valence-electron chi connectivity index (χ4n) is 2.72. The fraction of sp³-hybridized carbons (Fsp3) is 1.00. The van der Waals surface area contributed by atoms with E-state index in [2.05, 4.69) is 10.2 Å². The molecule has 0 saturated carbocycles. The first-order chi connectivity index (χ1) is 7.95. The highest BCUT2D eigenvalue weighted by molar-refractivity contribution is 4.71. The molecule has 0 radical (unpaired) electrons. The summed E-state index contributed by atoms with van der Waals surface area (Å²) in [5, 5.41) is 3.69. The summed E-state index contributed by atoms with van der Waals surface area (Å²) < 4.78 is 5.47. The van der Waals surface area contributed by atoms with Gasteiger partial charge in [0, 0.05) is 32.3 Å². The molecule has 0 aromatic carbocycles. The van der Waals surface area contributed by atoms with Crippen LogP contribution in [0.2, 0.25) is 0 Å². The van der Waals surface area contributed by atoms with E-state index in [-0.39, 0.29) is 0 Å². The van der Waals surface area contributed by atoms with E-state index in [0.29, 0.717) is 6.04 Å². The predicted molar refractivity (Wildman–Crippen MR) is 66.8 cm³/mol. The quantitative estimate of drug-likeness (QED) is 0.788. The van der Waals surface area contributed by atoms with Crippen molar-refractivity contribution >= 4 is 0 Å². The Bertz CT molecular complexity index is 173. The highest BCUT2D eigenvalue weighted by atomic mass is 16.5. The third kappa shape index (κ3) is 4.40. The lowest BCUT2D eigenvalue weighted by atomic mass is 10.1. The fourth-order valence-corrected chi connectivity index (χ4v) is 2.72. The van der Waals surface area contributed by atoms with Crippen LogP contribution >= 0.6 is 0 Å². The van der Waals surface area contributed by atoms with Gasteiger partial charge >= 0.3 is 0 Å². The van der Waals surface area contributed by atoms with Crippen LogP contribution in [0, 0.1) is 0 Å². The van der Waals surface area contributed by atoms with Crippen LogP contribution in [-0.4, -0.2) is 50.3 Å². The smallest absolute Gasteiger partial charge is 0.0480 e. The molecular formula is C13H26N2O. The minimum absolute atomic E-state index is 0.701. The molecule has 94 valence electrons. The maximum Gasteiger partial charge on any atom is 0.0480 e. The van der Waals surface area contributed by atoms with Crippen LogP contribution in [-0.2, 0) is 4.74 Å². The van der Waals surface area contributed by atoms with Gasteiger partial charge in [-0.2, -0.15) is 0 Å². The maximum absolute atomic E-state index is 5.47. The number of rotatable bonds is 4. The van der Waals surface area contributed by atoms with Gasteiger partial charge in [-0.15, -0.1) is 0 Å². The normalized spacial score (nSPS) is 28.9. The van der Waals surface area contributed by atoms with Crippen molar-refractivity contribution in [2.24, 2.45) is 0 Å². The average molecular weight is 226 g/mol. The largest absolute Gasteiger partial charge is 0.381 e. The monoisotopic (exact) mass is 226 g/mol. The van der Waals surface area contributed by atoms with Gasteiger partial charge in [0.1, 0.15) is 0 Å². The van der Waals surface area contributed by atoms with Crippen molar-refractivity contribution in [1.82, 2.24) is 10.2 Å². The van der Waals surface area contributed by atoms with Crippen molar-refractivity contribution in [2.75, 3.05) is 39.4 Å². The summed E-state index contributed by atoms with van der Waals surface area (Å²) in [4.78, 5) is 2.60. The van der Waals surface area contributed by atoms with Gasteiger partial charge in [-0.05, 0) is 45.2 Å². The molecule has 1 atom stereocenters. The number of hydrogen-bond acceptors (Lipinski definition) is 3. The lowest BCUT2D eigenvalue weighted by Crippen LogP contribution is -2.39. The molecule has 0 aliphatic carbocycles. The number of likely N-dealkylation sites (tertiary alicyclic amines) is 1. The van der Waals surface area contributed by atoms with Crippen LogP contribution in [0.15, 0.2) is 0 Å². The minimum Gasteiger partial charge on any atom is -0.381 e. The lowest BCUT2D eigenvalue weighted by Gasteiger charge is -2.27. The molecule has 3 nitrogen and oxygen atoms in total. The van der Waals surface area contributed by atoms with Crippen molar-refractivity contribution < 1.29 is 4.74 Å². The predicted octanol–water partition coefficient (Wildman–Crippen LogP) is 1.63. The summed E-state index contributed by atoms with van der Waals surface area (Å²) >= 11 is 0.